The molecule has 0 fully saturated rings. The molecule has 0 saturated carbocycles. The number of amides is 1. The fraction of sp³-hybridized carbons (Fsp3) is 0.909. The Morgan fingerprint density at radius 1 is 1.33 bits per heavy atom. The molecule has 0 aromatic heterocycles. The van der Waals surface area contributed by atoms with E-state index >= 15 is 0 Å². The molecule has 1 unspecified atom stereocenters. The van der Waals surface area contributed by atoms with E-state index in [0.29, 0.717) is 6.54 Å². The molecule has 0 radical (unpaired) electrons. The molecule has 4 nitrogen and oxygen atoms in total. The van der Waals surface area contributed by atoms with Crippen molar-refractivity contribution in [2.24, 2.45) is 11.7 Å². The molecule has 4 heteroatoms. The Morgan fingerprint density at radius 2 is 2.00 bits per heavy atom. The van der Waals surface area contributed by atoms with Gasteiger partial charge in [-0.3, -0.25) is 4.79 Å². The summed E-state index contributed by atoms with van der Waals surface area (Å²) in [6.45, 7) is 5.40. The van der Waals surface area contributed by atoms with Gasteiger partial charge in [-0.2, -0.15) is 0 Å². The van der Waals surface area contributed by atoms with E-state index in [1.165, 1.54) is 0 Å². The fourth-order valence-electron chi connectivity index (χ4n) is 1.18. The number of nitrogens with two attached hydrogens (primary N) is 1. The number of unbranched alkanes of at least 4 members (excludes halogenated alkanes) is 2. The summed E-state index contributed by atoms with van der Waals surface area (Å²) in [5, 5.41) is 2.84. The molecule has 0 rings (SSSR count). The minimum Gasteiger partial charge on any atom is -0.385 e. The van der Waals surface area contributed by atoms with Gasteiger partial charge in [0.1, 0.15) is 0 Å². The Kier molecular flexibility index (Phi) is 8.33. The zero-order chi connectivity index (χ0) is 11.7. The summed E-state index contributed by atoms with van der Waals surface area (Å²) < 4.78 is 4.93. The van der Waals surface area contributed by atoms with E-state index in [1.807, 2.05) is 13.8 Å². The van der Waals surface area contributed by atoms with Crippen molar-refractivity contribution in [1.29, 1.82) is 0 Å². The highest BCUT2D eigenvalue weighted by Crippen LogP contribution is 1.98. The molecule has 0 bridgehead atoms. The molecule has 0 aliphatic rings. The van der Waals surface area contributed by atoms with Crippen LogP contribution in [-0.2, 0) is 9.53 Å². The standard InChI is InChI=1S/C11H24N2O2/c1-9(2)10(12)11(14)13-7-5-4-6-8-15-3/h9-10H,4-8,12H2,1-3H3,(H,13,14). The van der Waals surface area contributed by atoms with Crippen LogP contribution in [0.15, 0.2) is 0 Å². The maximum atomic E-state index is 11.4. The molecule has 0 heterocycles. The van der Waals surface area contributed by atoms with Gasteiger partial charge in [-0.25, -0.2) is 0 Å². The lowest BCUT2D eigenvalue weighted by atomic mass is 10.1. The lowest BCUT2D eigenvalue weighted by Gasteiger charge is -2.15. The molecule has 0 aliphatic carbocycles. The lowest BCUT2D eigenvalue weighted by molar-refractivity contribution is -0.123. The van der Waals surface area contributed by atoms with Crippen LogP contribution in [0.5, 0.6) is 0 Å². The Morgan fingerprint density at radius 3 is 2.53 bits per heavy atom. The smallest absolute Gasteiger partial charge is 0.237 e. The van der Waals surface area contributed by atoms with Crippen molar-refractivity contribution in [3.05, 3.63) is 0 Å². The van der Waals surface area contributed by atoms with Gasteiger partial charge in [-0.1, -0.05) is 13.8 Å². The third-order valence-corrected chi connectivity index (χ3v) is 2.35. The number of carbonyl (C=O) groups excluding carboxylic acids is 1. The highest BCUT2D eigenvalue weighted by Gasteiger charge is 2.15. The SMILES string of the molecule is COCCCCCNC(=O)C(N)C(C)C. The number of hydrogen-bond acceptors (Lipinski definition) is 3. The Balaban J connectivity index is 3.39. The second-order valence-electron chi connectivity index (χ2n) is 4.11. The highest BCUT2D eigenvalue weighted by atomic mass is 16.5. The summed E-state index contributed by atoms with van der Waals surface area (Å²) in [4.78, 5) is 11.4. The van der Waals surface area contributed by atoms with Gasteiger partial charge in [-0.15, -0.1) is 0 Å². The molecule has 0 aromatic rings. The highest BCUT2D eigenvalue weighted by molar-refractivity contribution is 5.81. The quantitative estimate of drug-likeness (QED) is 0.593. The zero-order valence-electron chi connectivity index (χ0n) is 10.1. The van der Waals surface area contributed by atoms with Gasteiger partial charge in [0.05, 0.1) is 6.04 Å². The van der Waals surface area contributed by atoms with Crippen LogP contribution in [0.25, 0.3) is 0 Å². The topological polar surface area (TPSA) is 64.3 Å². The first-order chi connectivity index (χ1) is 7.09. The van der Waals surface area contributed by atoms with Crippen LogP contribution in [0.1, 0.15) is 33.1 Å². The van der Waals surface area contributed by atoms with Crippen LogP contribution >= 0.6 is 0 Å². The van der Waals surface area contributed by atoms with E-state index in [-0.39, 0.29) is 17.9 Å². The van der Waals surface area contributed by atoms with Crippen LogP contribution < -0.4 is 11.1 Å². The second-order valence-corrected chi connectivity index (χ2v) is 4.11. The molecule has 0 aromatic carbocycles. The average molecular weight is 216 g/mol. The number of rotatable bonds is 8. The van der Waals surface area contributed by atoms with E-state index in [9.17, 15) is 4.79 Å². The first-order valence-corrected chi connectivity index (χ1v) is 5.61. The van der Waals surface area contributed by atoms with Gasteiger partial charge >= 0.3 is 0 Å². The van der Waals surface area contributed by atoms with Crippen LogP contribution in [0.3, 0.4) is 0 Å². The maximum absolute atomic E-state index is 11.4. The number of ether oxygens (including phenoxy) is 1. The van der Waals surface area contributed by atoms with Crippen molar-refractivity contribution in [2.45, 2.75) is 39.2 Å². The van der Waals surface area contributed by atoms with Gasteiger partial charge in [0.2, 0.25) is 5.91 Å². The Hall–Kier alpha value is -0.610. The van der Waals surface area contributed by atoms with Crippen molar-refractivity contribution >= 4 is 5.91 Å². The van der Waals surface area contributed by atoms with Crippen molar-refractivity contribution in [1.82, 2.24) is 5.32 Å². The third kappa shape index (κ3) is 7.33. The molecule has 90 valence electrons. The molecule has 0 aliphatic heterocycles. The van der Waals surface area contributed by atoms with Crippen LogP contribution in [0, 0.1) is 5.92 Å². The number of hydrogen-bond donors (Lipinski definition) is 2. The normalized spacial score (nSPS) is 12.9. The predicted molar refractivity (Wildman–Crippen MR) is 61.6 cm³/mol. The minimum absolute atomic E-state index is 0.0447. The Bertz CT molecular complexity index is 172. The van der Waals surface area contributed by atoms with Crippen LogP contribution in [-0.4, -0.2) is 32.2 Å². The molecule has 0 saturated heterocycles. The number of carbonyl (C=O) groups is 1. The maximum Gasteiger partial charge on any atom is 0.237 e. The van der Waals surface area contributed by atoms with Crippen molar-refractivity contribution in [3.8, 4) is 0 Å². The van der Waals surface area contributed by atoms with Gasteiger partial charge < -0.3 is 15.8 Å². The average Bonchev–Trinajstić information content (AvgIpc) is 2.21. The zero-order valence-corrected chi connectivity index (χ0v) is 10.1. The molecule has 0 spiro atoms. The summed E-state index contributed by atoms with van der Waals surface area (Å²) >= 11 is 0. The van der Waals surface area contributed by atoms with Crippen molar-refractivity contribution < 1.29 is 9.53 Å². The summed E-state index contributed by atoms with van der Waals surface area (Å²) in [5.74, 6) is 0.148. The van der Waals surface area contributed by atoms with E-state index in [1.54, 1.807) is 7.11 Å². The Labute approximate surface area is 92.6 Å². The number of nitrogens with one attached hydrogen (secondary N) is 1. The molecule has 1 atom stereocenters. The minimum atomic E-state index is -0.385. The van der Waals surface area contributed by atoms with Gasteiger partial charge in [-0.05, 0) is 25.2 Å². The van der Waals surface area contributed by atoms with E-state index in [4.69, 9.17) is 10.5 Å². The van der Waals surface area contributed by atoms with Crippen LogP contribution in [0.2, 0.25) is 0 Å². The first-order valence-electron chi connectivity index (χ1n) is 5.61. The predicted octanol–water partition coefficient (Wildman–Crippen LogP) is 0.903. The van der Waals surface area contributed by atoms with E-state index in [0.717, 1.165) is 25.9 Å². The van der Waals surface area contributed by atoms with Gasteiger partial charge in [0, 0.05) is 20.3 Å². The summed E-state index contributed by atoms with van der Waals surface area (Å²) in [7, 11) is 1.70. The molecular formula is C11H24N2O2. The molecule has 15 heavy (non-hydrogen) atoms. The largest absolute Gasteiger partial charge is 0.385 e. The third-order valence-electron chi connectivity index (χ3n) is 2.35. The van der Waals surface area contributed by atoms with E-state index in [2.05, 4.69) is 5.32 Å². The summed E-state index contributed by atoms with van der Waals surface area (Å²) in [6, 6.07) is -0.385. The number of methoxy groups -OCH3 is 1. The first kappa shape index (κ1) is 14.4. The van der Waals surface area contributed by atoms with Gasteiger partial charge in [0.15, 0.2) is 0 Å². The molecular weight excluding hydrogens is 192 g/mol. The lowest BCUT2D eigenvalue weighted by Crippen LogP contribution is -2.44. The summed E-state index contributed by atoms with van der Waals surface area (Å²) in [5.41, 5.74) is 5.69. The second kappa shape index (κ2) is 8.68. The van der Waals surface area contributed by atoms with E-state index < -0.39 is 0 Å². The fourth-order valence-corrected chi connectivity index (χ4v) is 1.18. The molecule has 3 N–H and O–H groups in total. The van der Waals surface area contributed by atoms with Crippen molar-refractivity contribution in [2.75, 3.05) is 20.3 Å². The monoisotopic (exact) mass is 216 g/mol. The van der Waals surface area contributed by atoms with Crippen molar-refractivity contribution in [3.63, 3.8) is 0 Å². The van der Waals surface area contributed by atoms with Gasteiger partial charge in [0.25, 0.3) is 0 Å². The molecule has 1 amide bonds. The summed E-state index contributed by atoms with van der Waals surface area (Å²) in [6.07, 6.45) is 3.10. The van der Waals surface area contributed by atoms with Crippen LogP contribution in [0.4, 0.5) is 0 Å².